The van der Waals surface area contributed by atoms with Crippen LogP contribution in [0.3, 0.4) is 0 Å². The van der Waals surface area contributed by atoms with Crippen LogP contribution in [0.1, 0.15) is 32.4 Å². The number of nitrogens with zero attached hydrogens (tertiary/aromatic N) is 1. The number of rotatable bonds is 5. The van der Waals surface area contributed by atoms with Crippen molar-refractivity contribution in [1.82, 2.24) is 10.2 Å². The topological polar surface area (TPSA) is 41.6 Å². The largest absolute Gasteiger partial charge is 0.444 e. The lowest BCUT2D eigenvalue weighted by molar-refractivity contribution is 0.0378. The summed E-state index contributed by atoms with van der Waals surface area (Å²) in [5.74, 6) is 0.398. The highest BCUT2D eigenvalue weighted by Gasteiger charge is 2.35. The fraction of sp³-hybridized carbons (Fsp3) is 0.500. The van der Waals surface area contributed by atoms with Gasteiger partial charge in [-0.05, 0) is 26.3 Å². The number of ether oxygens (including phenoxy) is 1. The Kier molecular flexibility index (Phi) is 5.24. The van der Waals surface area contributed by atoms with Crippen molar-refractivity contribution in [3.05, 3.63) is 48.6 Å². The summed E-state index contributed by atoms with van der Waals surface area (Å²) in [6.07, 6.45) is 1.55. The van der Waals surface area contributed by atoms with Gasteiger partial charge in [0.1, 0.15) is 5.60 Å². The summed E-state index contributed by atoms with van der Waals surface area (Å²) in [5.41, 5.74) is 0.636. The lowest BCUT2D eigenvalue weighted by Crippen LogP contribution is -2.53. The van der Waals surface area contributed by atoms with Crippen LogP contribution in [0.4, 0.5) is 4.79 Å². The van der Waals surface area contributed by atoms with Gasteiger partial charge in [0.25, 0.3) is 0 Å². The Labute approximate surface area is 133 Å². The Morgan fingerprint density at radius 3 is 2.59 bits per heavy atom. The molecule has 0 aliphatic carbocycles. The SMILES string of the molecule is C=CCN1CC(C(NC(=O)OC(C)(C)C)c2ccccc2)C1. The maximum Gasteiger partial charge on any atom is 0.408 e. The molecule has 1 aromatic rings. The molecule has 0 bridgehead atoms. The molecule has 1 fully saturated rings. The van der Waals surface area contributed by atoms with Gasteiger partial charge >= 0.3 is 6.09 Å². The van der Waals surface area contributed by atoms with Crippen LogP contribution in [-0.2, 0) is 4.74 Å². The van der Waals surface area contributed by atoms with Crippen molar-refractivity contribution < 1.29 is 9.53 Å². The van der Waals surface area contributed by atoms with Gasteiger partial charge in [-0.2, -0.15) is 0 Å². The van der Waals surface area contributed by atoms with Gasteiger partial charge in [0, 0.05) is 25.6 Å². The molecule has 1 aromatic carbocycles. The summed E-state index contributed by atoms with van der Waals surface area (Å²) in [4.78, 5) is 14.4. The van der Waals surface area contributed by atoms with Crippen LogP contribution in [0.5, 0.6) is 0 Å². The van der Waals surface area contributed by atoms with E-state index < -0.39 is 5.60 Å². The van der Waals surface area contributed by atoms with Gasteiger partial charge in [0.15, 0.2) is 0 Å². The number of hydrogen-bond donors (Lipinski definition) is 1. The third-order valence-electron chi connectivity index (χ3n) is 3.68. The minimum absolute atomic E-state index is 0.0166. The maximum absolute atomic E-state index is 12.1. The van der Waals surface area contributed by atoms with Gasteiger partial charge in [-0.25, -0.2) is 4.79 Å². The van der Waals surface area contributed by atoms with E-state index in [1.165, 1.54) is 0 Å². The smallest absolute Gasteiger partial charge is 0.408 e. The van der Waals surface area contributed by atoms with Crippen molar-refractivity contribution in [2.24, 2.45) is 5.92 Å². The molecule has 1 amide bonds. The molecule has 1 aliphatic rings. The normalized spacial score (nSPS) is 17.4. The van der Waals surface area contributed by atoms with Gasteiger partial charge in [-0.15, -0.1) is 6.58 Å². The van der Waals surface area contributed by atoms with Crippen molar-refractivity contribution in [1.29, 1.82) is 0 Å². The molecule has 0 aromatic heterocycles. The molecule has 0 saturated carbocycles. The van der Waals surface area contributed by atoms with Crippen LogP contribution in [0, 0.1) is 5.92 Å². The van der Waals surface area contributed by atoms with Gasteiger partial charge in [-0.3, -0.25) is 4.90 Å². The minimum Gasteiger partial charge on any atom is -0.444 e. The van der Waals surface area contributed by atoms with Gasteiger partial charge < -0.3 is 10.1 Å². The fourth-order valence-electron chi connectivity index (χ4n) is 2.72. The van der Waals surface area contributed by atoms with E-state index in [1.54, 1.807) is 0 Å². The first-order chi connectivity index (χ1) is 10.4. The van der Waals surface area contributed by atoms with Crippen molar-refractivity contribution in [3.63, 3.8) is 0 Å². The summed E-state index contributed by atoms with van der Waals surface area (Å²) < 4.78 is 5.40. The molecule has 1 unspecified atom stereocenters. The van der Waals surface area contributed by atoms with E-state index in [-0.39, 0.29) is 12.1 Å². The molecule has 120 valence electrons. The van der Waals surface area contributed by atoms with Crippen molar-refractivity contribution >= 4 is 6.09 Å². The van der Waals surface area contributed by atoms with Crippen LogP contribution >= 0.6 is 0 Å². The molecule has 4 heteroatoms. The highest BCUT2D eigenvalue weighted by atomic mass is 16.6. The average Bonchev–Trinajstić information content (AvgIpc) is 2.39. The quantitative estimate of drug-likeness (QED) is 0.848. The lowest BCUT2D eigenvalue weighted by Gasteiger charge is -2.43. The molecule has 2 rings (SSSR count). The number of carbonyl (C=O) groups excluding carboxylic acids is 1. The number of carbonyl (C=O) groups is 1. The predicted molar refractivity (Wildman–Crippen MR) is 88.7 cm³/mol. The molecule has 1 aliphatic heterocycles. The van der Waals surface area contributed by atoms with Gasteiger partial charge in [-0.1, -0.05) is 36.4 Å². The number of alkyl carbamates (subject to hydrolysis) is 1. The Bertz CT molecular complexity index is 502. The van der Waals surface area contributed by atoms with Crippen LogP contribution < -0.4 is 5.32 Å². The van der Waals surface area contributed by atoms with E-state index >= 15 is 0 Å². The average molecular weight is 302 g/mol. The first-order valence-electron chi connectivity index (χ1n) is 7.77. The summed E-state index contributed by atoms with van der Waals surface area (Å²) in [5, 5.41) is 3.04. The molecule has 1 N–H and O–H groups in total. The molecule has 1 saturated heterocycles. The molecule has 0 radical (unpaired) electrons. The molecule has 22 heavy (non-hydrogen) atoms. The molecule has 0 spiro atoms. The number of hydrogen-bond acceptors (Lipinski definition) is 3. The van der Waals surface area contributed by atoms with E-state index in [2.05, 4.69) is 28.9 Å². The second kappa shape index (κ2) is 6.97. The zero-order chi connectivity index (χ0) is 16.2. The third-order valence-corrected chi connectivity index (χ3v) is 3.68. The summed E-state index contributed by atoms with van der Waals surface area (Å²) in [7, 11) is 0. The molecule has 1 atom stereocenters. The molecule has 4 nitrogen and oxygen atoms in total. The van der Waals surface area contributed by atoms with E-state index in [0.29, 0.717) is 5.92 Å². The van der Waals surface area contributed by atoms with Crippen LogP contribution in [0.25, 0.3) is 0 Å². The summed E-state index contributed by atoms with van der Waals surface area (Å²) >= 11 is 0. The van der Waals surface area contributed by atoms with Gasteiger partial charge in [0.2, 0.25) is 0 Å². The first-order valence-corrected chi connectivity index (χ1v) is 7.77. The lowest BCUT2D eigenvalue weighted by atomic mass is 9.87. The van der Waals surface area contributed by atoms with Crippen LogP contribution in [-0.4, -0.2) is 36.2 Å². The molecular weight excluding hydrogens is 276 g/mol. The van der Waals surface area contributed by atoms with E-state index in [9.17, 15) is 4.79 Å². The fourth-order valence-corrected chi connectivity index (χ4v) is 2.72. The zero-order valence-corrected chi connectivity index (χ0v) is 13.7. The second-order valence-corrected chi connectivity index (χ2v) is 6.80. The van der Waals surface area contributed by atoms with Crippen LogP contribution in [0.2, 0.25) is 0 Å². The Hall–Kier alpha value is -1.81. The number of amides is 1. The Morgan fingerprint density at radius 2 is 2.05 bits per heavy atom. The second-order valence-electron chi connectivity index (χ2n) is 6.80. The van der Waals surface area contributed by atoms with Gasteiger partial charge in [0.05, 0.1) is 6.04 Å². The predicted octanol–water partition coefficient (Wildman–Crippen LogP) is 3.37. The standard InChI is InChI=1S/C18H26N2O2/c1-5-11-20-12-15(13-20)16(14-9-7-6-8-10-14)19-17(21)22-18(2,3)4/h5-10,15-16H,1,11-13H2,2-4H3,(H,19,21). The van der Waals surface area contributed by atoms with Crippen molar-refractivity contribution in [2.75, 3.05) is 19.6 Å². The van der Waals surface area contributed by atoms with E-state index in [0.717, 1.165) is 25.2 Å². The minimum atomic E-state index is -0.486. The first kappa shape index (κ1) is 16.6. The number of likely N-dealkylation sites (tertiary alicyclic amines) is 1. The molecule has 1 heterocycles. The number of nitrogens with one attached hydrogen (secondary N) is 1. The Morgan fingerprint density at radius 1 is 1.41 bits per heavy atom. The zero-order valence-electron chi connectivity index (χ0n) is 13.7. The van der Waals surface area contributed by atoms with E-state index in [1.807, 2.05) is 45.0 Å². The number of benzene rings is 1. The maximum atomic E-state index is 12.1. The Balaban J connectivity index is 2.04. The van der Waals surface area contributed by atoms with E-state index in [4.69, 9.17) is 4.74 Å². The van der Waals surface area contributed by atoms with Crippen LogP contribution in [0.15, 0.2) is 43.0 Å². The summed E-state index contributed by atoms with van der Waals surface area (Å²) in [6.45, 7) is 12.2. The highest BCUT2D eigenvalue weighted by molar-refractivity contribution is 5.68. The summed E-state index contributed by atoms with van der Waals surface area (Å²) in [6, 6.07) is 10.1. The highest BCUT2D eigenvalue weighted by Crippen LogP contribution is 2.30. The van der Waals surface area contributed by atoms with Crippen molar-refractivity contribution in [3.8, 4) is 0 Å². The third kappa shape index (κ3) is 4.60. The molecular formula is C18H26N2O2. The monoisotopic (exact) mass is 302 g/mol. The van der Waals surface area contributed by atoms with Crippen molar-refractivity contribution in [2.45, 2.75) is 32.4 Å².